The number of aryl methyl sites for hydroxylation is 1. The highest BCUT2D eigenvalue weighted by Crippen LogP contribution is 2.17. The van der Waals surface area contributed by atoms with Gasteiger partial charge < -0.3 is 4.42 Å². The Bertz CT molecular complexity index is 503. The van der Waals surface area contributed by atoms with Crippen LogP contribution in [-0.2, 0) is 6.42 Å². The first kappa shape index (κ1) is 9.65. The van der Waals surface area contributed by atoms with Gasteiger partial charge in [-0.1, -0.05) is 37.3 Å². The van der Waals surface area contributed by atoms with Gasteiger partial charge in [0.25, 0.3) is 5.56 Å². The number of hydrogen-bond donors (Lipinski definition) is 0. The third kappa shape index (κ3) is 2.13. The monoisotopic (exact) mass is 201 g/mol. The minimum atomic E-state index is -0.253. The van der Waals surface area contributed by atoms with Gasteiger partial charge in [-0.05, 0) is 0 Å². The summed E-state index contributed by atoms with van der Waals surface area (Å²) in [5.41, 5.74) is 0.642. The maximum absolute atomic E-state index is 11.3. The fraction of sp³-hybridized carbons (Fsp3) is 0.167. The van der Waals surface area contributed by atoms with Gasteiger partial charge in [0, 0.05) is 18.1 Å². The highest BCUT2D eigenvalue weighted by atomic mass is 16.3. The Kier molecular flexibility index (Phi) is 2.63. The Morgan fingerprint density at radius 2 is 2.00 bits per heavy atom. The van der Waals surface area contributed by atoms with Gasteiger partial charge in [-0.3, -0.25) is 4.79 Å². The average molecular weight is 201 g/mol. The van der Waals surface area contributed by atoms with E-state index in [2.05, 4.69) is 4.98 Å². The quantitative estimate of drug-likeness (QED) is 0.748. The van der Waals surface area contributed by atoms with Crippen molar-refractivity contribution in [3.8, 4) is 11.3 Å². The second kappa shape index (κ2) is 4.09. The average Bonchev–Trinajstić information content (AvgIpc) is 2.29. The van der Waals surface area contributed by atoms with Crippen molar-refractivity contribution in [3.63, 3.8) is 0 Å². The molecule has 2 rings (SSSR count). The molecule has 0 bridgehead atoms. The molecule has 0 saturated carbocycles. The number of aromatic nitrogens is 1. The zero-order chi connectivity index (χ0) is 10.7. The molecule has 0 aliphatic rings. The van der Waals surface area contributed by atoms with Gasteiger partial charge in [-0.15, -0.1) is 0 Å². The number of hydrogen-bond acceptors (Lipinski definition) is 3. The van der Waals surface area contributed by atoms with Crippen LogP contribution in [0.2, 0.25) is 0 Å². The molecule has 2 aromatic rings. The van der Waals surface area contributed by atoms with Crippen LogP contribution in [-0.4, -0.2) is 4.98 Å². The predicted molar refractivity (Wildman–Crippen MR) is 57.6 cm³/mol. The second-order valence-electron chi connectivity index (χ2n) is 3.17. The lowest BCUT2D eigenvalue weighted by atomic mass is 10.2. The van der Waals surface area contributed by atoms with Gasteiger partial charge in [0.2, 0.25) is 0 Å². The summed E-state index contributed by atoms with van der Waals surface area (Å²) in [6, 6.07) is 10.9. The Hall–Kier alpha value is -1.90. The maximum atomic E-state index is 11.3. The Labute approximate surface area is 87.4 Å². The summed E-state index contributed by atoms with van der Waals surface area (Å²) in [6.07, 6.45) is 0.621. The predicted octanol–water partition coefficient (Wildman–Crippen LogP) is 2.26. The van der Waals surface area contributed by atoms with Crippen LogP contribution in [0.25, 0.3) is 11.3 Å². The molecule has 0 atom stereocenters. The highest BCUT2D eigenvalue weighted by molar-refractivity contribution is 5.55. The highest BCUT2D eigenvalue weighted by Gasteiger charge is 2.03. The smallest absolute Gasteiger partial charge is 0.276 e. The molecule has 0 aliphatic heterocycles. The molecule has 0 spiro atoms. The van der Waals surface area contributed by atoms with Crippen LogP contribution in [0.5, 0.6) is 0 Å². The molecule has 0 aliphatic carbocycles. The van der Waals surface area contributed by atoms with Crippen LogP contribution in [0, 0.1) is 0 Å². The minimum absolute atomic E-state index is 0.253. The lowest BCUT2D eigenvalue weighted by Crippen LogP contribution is -2.07. The molecule has 76 valence electrons. The molecule has 0 unspecified atom stereocenters. The van der Waals surface area contributed by atoms with E-state index < -0.39 is 0 Å². The van der Waals surface area contributed by atoms with E-state index in [-0.39, 0.29) is 5.56 Å². The lowest BCUT2D eigenvalue weighted by molar-refractivity contribution is 0.481. The summed E-state index contributed by atoms with van der Waals surface area (Å²) < 4.78 is 5.48. The maximum Gasteiger partial charge on any atom is 0.276 e. The first-order chi connectivity index (χ1) is 7.29. The van der Waals surface area contributed by atoms with E-state index in [1.807, 2.05) is 37.3 Å². The minimum Gasteiger partial charge on any atom is -0.442 e. The van der Waals surface area contributed by atoms with Crippen LogP contribution in [0.4, 0.5) is 0 Å². The first-order valence-corrected chi connectivity index (χ1v) is 4.86. The van der Waals surface area contributed by atoms with Crippen molar-refractivity contribution >= 4 is 0 Å². The molecule has 15 heavy (non-hydrogen) atoms. The Morgan fingerprint density at radius 3 is 2.67 bits per heavy atom. The molecule has 0 fully saturated rings. The molecule has 1 aromatic heterocycles. The van der Waals surface area contributed by atoms with Gasteiger partial charge in [0.05, 0.1) is 0 Å². The Balaban J connectivity index is 2.54. The zero-order valence-corrected chi connectivity index (χ0v) is 8.43. The van der Waals surface area contributed by atoms with Crippen LogP contribution in [0.15, 0.2) is 45.6 Å². The van der Waals surface area contributed by atoms with Crippen molar-refractivity contribution in [2.75, 3.05) is 0 Å². The van der Waals surface area contributed by atoms with E-state index in [1.165, 1.54) is 6.07 Å². The summed E-state index contributed by atoms with van der Waals surface area (Å²) in [4.78, 5) is 15.0. The van der Waals surface area contributed by atoms with Gasteiger partial charge in [0.1, 0.15) is 5.76 Å². The van der Waals surface area contributed by atoms with Crippen molar-refractivity contribution in [1.82, 2.24) is 4.98 Å². The molecular weight excluding hydrogens is 190 g/mol. The number of nitrogens with zero attached hydrogens (tertiary/aromatic N) is 1. The SMILES string of the molecule is CCc1nc(=O)cc(-c2ccccc2)o1. The molecule has 0 saturated heterocycles. The van der Waals surface area contributed by atoms with E-state index >= 15 is 0 Å². The fourth-order valence-electron chi connectivity index (χ4n) is 1.34. The van der Waals surface area contributed by atoms with Gasteiger partial charge in [0.15, 0.2) is 5.89 Å². The molecular formula is C12H11NO2. The lowest BCUT2D eigenvalue weighted by Gasteiger charge is -2.01. The fourth-order valence-corrected chi connectivity index (χ4v) is 1.34. The van der Waals surface area contributed by atoms with E-state index in [0.717, 1.165) is 5.56 Å². The molecule has 3 heteroatoms. The molecule has 0 amide bonds. The summed E-state index contributed by atoms with van der Waals surface area (Å²) >= 11 is 0. The zero-order valence-electron chi connectivity index (χ0n) is 8.43. The van der Waals surface area contributed by atoms with Crippen LogP contribution < -0.4 is 5.56 Å². The Morgan fingerprint density at radius 1 is 1.27 bits per heavy atom. The van der Waals surface area contributed by atoms with E-state index in [4.69, 9.17) is 4.42 Å². The number of benzene rings is 1. The standard InChI is InChI=1S/C12H11NO2/c1-2-12-13-11(14)8-10(15-12)9-6-4-3-5-7-9/h3-8H,2H2,1H3. The van der Waals surface area contributed by atoms with Crippen molar-refractivity contribution in [1.29, 1.82) is 0 Å². The van der Waals surface area contributed by atoms with Gasteiger partial charge in [-0.25, -0.2) is 0 Å². The second-order valence-corrected chi connectivity index (χ2v) is 3.17. The van der Waals surface area contributed by atoms with Crippen LogP contribution in [0.1, 0.15) is 12.8 Å². The third-order valence-corrected chi connectivity index (χ3v) is 2.08. The van der Waals surface area contributed by atoms with E-state index in [9.17, 15) is 4.79 Å². The first-order valence-electron chi connectivity index (χ1n) is 4.86. The van der Waals surface area contributed by atoms with Gasteiger partial charge >= 0.3 is 0 Å². The summed E-state index contributed by atoms with van der Waals surface area (Å²) in [6.45, 7) is 1.90. The van der Waals surface area contributed by atoms with Crippen molar-refractivity contribution in [3.05, 3.63) is 52.6 Å². The van der Waals surface area contributed by atoms with Crippen LogP contribution in [0.3, 0.4) is 0 Å². The summed E-state index contributed by atoms with van der Waals surface area (Å²) in [7, 11) is 0. The molecule has 3 nitrogen and oxygen atoms in total. The summed E-state index contributed by atoms with van der Waals surface area (Å²) in [5.74, 6) is 1.05. The van der Waals surface area contributed by atoms with Crippen molar-refractivity contribution < 1.29 is 4.42 Å². The third-order valence-electron chi connectivity index (χ3n) is 2.08. The number of rotatable bonds is 2. The van der Waals surface area contributed by atoms with Gasteiger partial charge in [-0.2, -0.15) is 4.98 Å². The van der Waals surface area contributed by atoms with Crippen LogP contribution >= 0.6 is 0 Å². The molecule has 0 N–H and O–H groups in total. The van der Waals surface area contributed by atoms with E-state index in [1.54, 1.807) is 0 Å². The van der Waals surface area contributed by atoms with Crippen molar-refractivity contribution in [2.45, 2.75) is 13.3 Å². The van der Waals surface area contributed by atoms with E-state index in [0.29, 0.717) is 18.1 Å². The summed E-state index contributed by atoms with van der Waals surface area (Å²) in [5, 5.41) is 0. The normalized spacial score (nSPS) is 10.2. The topological polar surface area (TPSA) is 43.1 Å². The molecule has 1 heterocycles. The molecule has 0 radical (unpaired) electrons. The molecule has 1 aromatic carbocycles. The largest absolute Gasteiger partial charge is 0.442 e. The van der Waals surface area contributed by atoms with Crippen molar-refractivity contribution in [2.24, 2.45) is 0 Å².